The molecular formula is C18H18FN5O2. The molecule has 4 heterocycles. The van der Waals surface area contributed by atoms with Crippen LogP contribution in [-0.4, -0.2) is 38.7 Å². The molecule has 0 spiro atoms. The predicted molar refractivity (Wildman–Crippen MR) is 92.5 cm³/mol. The Morgan fingerprint density at radius 2 is 2.27 bits per heavy atom. The van der Waals surface area contributed by atoms with Crippen molar-refractivity contribution in [3.8, 4) is 0 Å². The number of carbonyl (C=O) groups is 1. The van der Waals surface area contributed by atoms with E-state index < -0.39 is 5.97 Å². The number of ether oxygens (including phenoxy) is 1. The SMILES string of the molecule is CCOC(=O)c1cnn2ccc(N3CCCC3c3cncc(F)c3)nc12. The van der Waals surface area contributed by atoms with Gasteiger partial charge in [-0.1, -0.05) is 0 Å². The Kier molecular flexibility index (Phi) is 4.24. The molecular weight excluding hydrogens is 337 g/mol. The monoisotopic (exact) mass is 355 g/mol. The van der Waals surface area contributed by atoms with E-state index >= 15 is 0 Å². The molecule has 0 bridgehead atoms. The van der Waals surface area contributed by atoms with Crippen LogP contribution in [0.25, 0.3) is 5.65 Å². The lowest BCUT2D eigenvalue weighted by molar-refractivity contribution is 0.0528. The molecule has 0 N–H and O–H groups in total. The van der Waals surface area contributed by atoms with Crippen LogP contribution in [0.3, 0.4) is 0 Å². The van der Waals surface area contributed by atoms with Crippen molar-refractivity contribution in [1.82, 2.24) is 19.6 Å². The molecule has 1 unspecified atom stereocenters. The van der Waals surface area contributed by atoms with Gasteiger partial charge in [0.05, 0.1) is 25.0 Å². The Morgan fingerprint density at radius 3 is 3.08 bits per heavy atom. The molecule has 26 heavy (non-hydrogen) atoms. The van der Waals surface area contributed by atoms with Crippen LogP contribution in [0.1, 0.15) is 41.7 Å². The average molecular weight is 355 g/mol. The lowest BCUT2D eigenvalue weighted by atomic mass is 10.1. The van der Waals surface area contributed by atoms with Gasteiger partial charge in [0.25, 0.3) is 0 Å². The number of esters is 1. The third-order valence-corrected chi connectivity index (χ3v) is 4.51. The minimum Gasteiger partial charge on any atom is -0.462 e. The first kappa shape index (κ1) is 16.4. The smallest absolute Gasteiger partial charge is 0.343 e. The first-order chi connectivity index (χ1) is 12.7. The fourth-order valence-corrected chi connectivity index (χ4v) is 3.37. The summed E-state index contributed by atoms with van der Waals surface area (Å²) in [5, 5.41) is 4.15. The van der Waals surface area contributed by atoms with E-state index in [1.165, 1.54) is 18.5 Å². The Hall–Kier alpha value is -3.03. The number of nitrogens with zero attached hydrogens (tertiary/aromatic N) is 5. The number of carbonyl (C=O) groups excluding carboxylic acids is 1. The van der Waals surface area contributed by atoms with Gasteiger partial charge in [-0.2, -0.15) is 5.10 Å². The van der Waals surface area contributed by atoms with Crippen molar-refractivity contribution in [2.75, 3.05) is 18.1 Å². The Bertz CT molecular complexity index is 958. The summed E-state index contributed by atoms with van der Waals surface area (Å²) >= 11 is 0. The molecule has 7 nitrogen and oxygen atoms in total. The molecule has 0 amide bonds. The highest BCUT2D eigenvalue weighted by molar-refractivity contribution is 5.95. The molecule has 4 rings (SSSR count). The third kappa shape index (κ3) is 2.87. The van der Waals surface area contributed by atoms with Crippen molar-refractivity contribution in [2.24, 2.45) is 0 Å². The molecule has 8 heteroatoms. The zero-order chi connectivity index (χ0) is 18.1. The number of fused-ring (bicyclic) bond motifs is 1. The summed E-state index contributed by atoms with van der Waals surface area (Å²) < 4.78 is 20.2. The fraction of sp³-hybridized carbons (Fsp3) is 0.333. The van der Waals surface area contributed by atoms with Gasteiger partial charge in [0.1, 0.15) is 17.2 Å². The molecule has 1 fully saturated rings. The standard InChI is InChI=1S/C18H18FN5O2/c1-2-26-18(25)14-11-21-24-7-5-16(22-17(14)24)23-6-3-4-15(23)12-8-13(19)10-20-9-12/h5,7-11,15H,2-4,6H2,1H3. The molecule has 1 atom stereocenters. The molecule has 3 aromatic rings. The number of aromatic nitrogens is 4. The number of hydrogen-bond acceptors (Lipinski definition) is 6. The van der Waals surface area contributed by atoms with Crippen molar-refractivity contribution in [3.63, 3.8) is 0 Å². The summed E-state index contributed by atoms with van der Waals surface area (Å²) in [5.41, 5.74) is 1.60. The van der Waals surface area contributed by atoms with E-state index in [1.54, 1.807) is 23.8 Å². The molecule has 1 aliphatic rings. The van der Waals surface area contributed by atoms with Crippen LogP contribution >= 0.6 is 0 Å². The molecule has 0 saturated carbocycles. The lowest BCUT2D eigenvalue weighted by Crippen LogP contribution is -2.24. The maximum Gasteiger partial charge on any atom is 0.343 e. The van der Waals surface area contributed by atoms with Gasteiger partial charge in [0.15, 0.2) is 5.65 Å². The highest BCUT2D eigenvalue weighted by atomic mass is 19.1. The molecule has 0 aromatic carbocycles. The van der Waals surface area contributed by atoms with E-state index in [9.17, 15) is 9.18 Å². The molecule has 1 saturated heterocycles. The number of pyridine rings is 1. The predicted octanol–water partition coefficient (Wildman–Crippen LogP) is 2.78. The second-order valence-electron chi connectivity index (χ2n) is 6.12. The van der Waals surface area contributed by atoms with Crippen molar-refractivity contribution >= 4 is 17.4 Å². The van der Waals surface area contributed by atoms with Crippen LogP contribution in [0.5, 0.6) is 0 Å². The molecule has 0 radical (unpaired) electrons. The largest absolute Gasteiger partial charge is 0.462 e. The maximum absolute atomic E-state index is 13.6. The Balaban J connectivity index is 1.71. The van der Waals surface area contributed by atoms with Gasteiger partial charge in [0, 0.05) is 18.9 Å². The summed E-state index contributed by atoms with van der Waals surface area (Å²) in [7, 11) is 0. The fourth-order valence-electron chi connectivity index (χ4n) is 3.37. The molecule has 3 aromatic heterocycles. The number of halogens is 1. The molecule has 134 valence electrons. The second-order valence-corrected chi connectivity index (χ2v) is 6.12. The average Bonchev–Trinajstić information content (AvgIpc) is 3.28. The minimum absolute atomic E-state index is 0.00196. The van der Waals surface area contributed by atoms with E-state index in [2.05, 4.69) is 20.0 Å². The number of rotatable bonds is 4. The van der Waals surface area contributed by atoms with Crippen molar-refractivity contribution in [3.05, 3.63) is 53.9 Å². The van der Waals surface area contributed by atoms with Crippen molar-refractivity contribution < 1.29 is 13.9 Å². The van der Waals surface area contributed by atoms with E-state index in [-0.39, 0.29) is 18.5 Å². The summed E-state index contributed by atoms with van der Waals surface area (Å²) in [6, 6.07) is 3.36. The maximum atomic E-state index is 13.6. The third-order valence-electron chi connectivity index (χ3n) is 4.51. The van der Waals surface area contributed by atoms with Crippen LogP contribution in [-0.2, 0) is 4.74 Å². The van der Waals surface area contributed by atoms with Crippen LogP contribution in [0.4, 0.5) is 10.2 Å². The first-order valence-corrected chi connectivity index (χ1v) is 8.56. The summed E-state index contributed by atoms with van der Waals surface area (Å²) in [6.45, 7) is 2.84. The van der Waals surface area contributed by atoms with Crippen molar-refractivity contribution in [1.29, 1.82) is 0 Å². The van der Waals surface area contributed by atoms with E-state index in [4.69, 9.17) is 4.74 Å². The van der Waals surface area contributed by atoms with E-state index in [0.717, 1.165) is 30.8 Å². The Labute approximate surface area is 149 Å². The molecule has 0 aliphatic carbocycles. The normalized spacial score (nSPS) is 17.0. The quantitative estimate of drug-likeness (QED) is 0.670. The number of hydrogen-bond donors (Lipinski definition) is 0. The van der Waals surface area contributed by atoms with Gasteiger partial charge in [-0.15, -0.1) is 0 Å². The lowest BCUT2D eigenvalue weighted by Gasteiger charge is -2.26. The summed E-state index contributed by atoms with van der Waals surface area (Å²) in [6.07, 6.45) is 7.97. The Morgan fingerprint density at radius 1 is 1.38 bits per heavy atom. The van der Waals surface area contributed by atoms with Gasteiger partial charge < -0.3 is 9.64 Å². The zero-order valence-corrected chi connectivity index (χ0v) is 14.3. The van der Waals surface area contributed by atoms with Crippen molar-refractivity contribution in [2.45, 2.75) is 25.8 Å². The van der Waals surface area contributed by atoms with Gasteiger partial charge in [-0.25, -0.2) is 18.7 Å². The van der Waals surface area contributed by atoms with Crippen LogP contribution in [0.15, 0.2) is 36.9 Å². The highest BCUT2D eigenvalue weighted by Crippen LogP contribution is 2.35. The van der Waals surface area contributed by atoms with Gasteiger partial charge in [-0.3, -0.25) is 4.98 Å². The highest BCUT2D eigenvalue weighted by Gasteiger charge is 2.28. The van der Waals surface area contributed by atoms with Gasteiger partial charge in [0.2, 0.25) is 0 Å². The van der Waals surface area contributed by atoms with Gasteiger partial charge >= 0.3 is 5.97 Å². The minimum atomic E-state index is -0.445. The first-order valence-electron chi connectivity index (χ1n) is 8.56. The van der Waals surface area contributed by atoms with E-state index in [1.807, 2.05) is 6.07 Å². The van der Waals surface area contributed by atoms with Crippen LogP contribution in [0.2, 0.25) is 0 Å². The summed E-state index contributed by atoms with van der Waals surface area (Å²) in [5.74, 6) is -0.0760. The topological polar surface area (TPSA) is 72.6 Å². The number of anilines is 1. The van der Waals surface area contributed by atoms with E-state index in [0.29, 0.717) is 11.2 Å². The second kappa shape index (κ2) is 6.70. The summed E-state index contributed by atoms with van der Waals surface area (Å²) in [4.78, 5) is 22.8. The molecule has 1 aliphatic heterocycles. The zero-order valence-electron chi connectivity index (χ0n) is 14.3. The van der Waals surface area contributed by atoms with Crippen LogP contribution in [0, 0.1) is 5.82 Å². The van der Waals surface area contributed by atoms with Crippen LogP contribution < -0.4 is 4.90 Å². The van der Waals surface area contributed by atoms with Gasteiger partial charge in [-0.05, 0) is 37.5 Å².